The molecule has 1 aliphatic heterocycles. The molecule has 12 heteroatoms. The van der Waals surface area contributed by atoms with Crippen molar-refractivity contribution in [2.75, 3.05) is 13.1 Å². The normalized spacial score (nSPS) is 22.5. The monoisotopic (exact) mass is 709 g/mol. The Kier molecular flexibility index (Phi) is 12.6. The summed E-state index contributed by atoms with van der Waals surface area (Å²) in [5, 5.41) is 11.1. The van der Waals surface area contributed by atoms with Crippen molar-refractivity contribution in [1.82, 2.24) is 26.2 Å². The van der Waals surface area contributed by atoms with E-state index >= 15 is 0 Å². The fourth-order valence-corrected chi connectivity index (χ4v) is 7.91. The van der Waals surface area contributed by atoms with Gasteiger partial charge in [0.05, 0.1) is 6.04 Å². The van der Waals surface area contributed by atoms with Crippen LogP contribution in [0, 0.1) is 23.2 Å². The number of ether oxygens (including phenoxy) is 1. The van der Waals surface area contributed by atoms with Crippen molar-refractivity contribution >= 4 is 35.5 Å². The summed E-state index contributed by atoms with van der Waals surface area (Å²) >= 11 is 0. The third kappa shape index (κ3) is 9.89. The summed E-state index contributed by atoms with van der Waals surface area (Å²) in [7, 11) is 0. The molecule has 1 unspecified atom stereocenters. The lowest BCUT2D eigenvalue weighted by atomic mass is 9.83. The highest BCUT2D eigenvalue weighted by atomic mass is 16.6. The zero-order valence-electron chi connectivity index (χ0n) is 31.7. The lowest BCUT2D eigenvalue weighted by molar-refractivity contribution is -0.157. The molecule has 0 radical (unpaired) electrons. The molecule has 5 atom stereocenters. The molecule has 2 aliphatic carbocycles. The SMILES string of the molecule is CCCCC(NC(=O)[C@@H]1[C@@H]2[C@H](CN1C(=O)[C@@H](NC(=O)NC(C)(C)C)C1CCCCC1)C2(C)C)C(=O)C(=O)NCC(=O)OC(C)(C)c1ccccc1. The van der Waals surface area contributed by atoms with E-state index in [9.17, 15) is 28.8 Å². The van der Waals surface area contributed by atoms with Crippen molar-refractivity contribution in [2.45, 2.75) is 136 Å². The van der Waals surface area contributed by atoms with Gasteiger partial charge in [0.25, 0.3) is 5.91 Å². The first-order valence-electron chi connectivity index (χ1n) is 18.7. The molecule has 1 heterocycles. The first kappa shape index (κ1) is 39.8. The zero-order chi connectivity index (χ0) is 37.7. The molecule has 2 saturated carbocycles. The Morgan fingerprint density at radius 1 is 0.941 bits per heavy atom. The van der Waals surface area contributed by atoms with Crippen LogP contribution in [0.25, 0.3) is 0 Å². The lowest BCUT2D eigenvalue weighted by Gasteiger charge is -2.37. The van der Waals surface area contributed by atoms with E-state index in [1.165, 1.54) is 0 Å². The van der Waals surface area contributed by atoms with Crippen LogP contribution in [-0.4, -0.2) is 77.2 Å². The number of fused-ring (bicyclic) bond motifs is 1. The van der Waals surface area contributed by atoms with Crippen LogP contribution in [0.5, 0.6) is 0 Å². The van der Waals surface area contributed by atoms with Crippen LogP contribution < -0.4 is 21.3 Å². The van der Waals surface area contributed by atoms with Crippen LogP contribution in [0.1, 0.15) is 112 Å². The average molecular weight is 710 g/mol. The van der Waals surface area contributed by atoms with Gasteiger partial charge in [-0.15, -0.1) is 0 Å². The number of carbonyl (C=O) groups excluding carboxylic acids is 6. The molecule has 0 spiro atoms. The van der Waals surface area contributed by atoms with Crippen molar-refractivity contribution in [2.24, 2.45) is 23.2 Å². The summed E-state index contributed by atoms with van der Waals surface area (Å²) in [6.45, 7) is 15.0. The summed E-state index contributed by atoms with van der Waals surface area (Å²) in [6.07, 6.45) is 6.11. The van der Waals surface area contributed by atoms with Gasteiger partial charge in [0.2, 0.25) is 17.6 Å². The van der Waals surface area contributed by atoms with Gasteiger partial charge in [-0.3, -0.25) is 24.0 Å². The summed E-state index contributed by atoms with van der Waals surface area (Å²) in [5.41, 5.74) is -0.870. The minimum atomic E-state index is -1.14. The zero-order valence-corrected chi connectivity index (χ0v) is 31.7. The second kappa shape index (κ2) is 16.2. The van der Waals surface area contributed by atoms with Crippen molar-refractivity contribution in [3.8, 4) is 0 Å². The van der Waals surface area contributed by atoms with Crippen LogP contribution in [-0.2, 0) is 34.3 Å². The smallest absolute Gasteiger partial charge is 0.326 e. The quantitative estimate of drug-likeness (QED) is 0.165. The minimum Gasteiger partial charge on any atom is -0.453 e. The number of hydrogen-bond donors (Lipinski definition) is 4. The van der Waals surface area contributed by atoms with Crippen LogP contribution in [0.15, 0.2) is 30.3 Å². The number of amides is 5. The number of likely N-dealkylation sites (tertiary alicyclic amines) is 1. The molecule has 282 valence electrons. The number of hydrogen-bond acceptors (Lipinski definition) is 7. The van der Waals surface area contributed by atoms with E-state index in [1.54, 1.807) is 18.7 Å². The van der Waals surface area contributed by atoms with Crippen LogP contribution in [0.2, 0.25) is 0 Å². The molecule has 51 heavy (non-hydrogen) atoms. The second-order valence-electron chi connectivity index (χ2n) is 16.7. The maximum absolute atomic E-state index is 14.4. The first-order chi connectivity index (χ1) is 23.9. The number of nitrogens with one attached hydrogen (secondary N) is 4. The third-order valence-corrected chi connectivity index (χ3v) is 10.9. The van der Waals surface area contributed by atoms with E-state index in [-0.39, 0.29) is 35.5 Å². The van der Waals surface area contributed by atoms with E-state index in [0.29, 0.717) is 13.0 Å². The summed E-state index contributed by atoms with van der Waals surface area (Å²) < 4.78 is 5.59. The predicted molar refractivity (Wildman–Crippen MR) is 193 cm³/mol. The Bertz CT molecular complexity index is 1450. The number of carbonyl (C=O) groups is 6. The van der Waals surface area contributed by atoms with Crippen LogP contribution >= 0.6 is 0 Å². The largest absolute Gasteiger partial charge is 0.453 e. The number of benzene rings is 1. The number of nitrogens with zero attached hydrogens (tertiary/aromatic N) is 1. The van der Waals surface area contributed by atoms with E-state index in [4.69, 9.17) is 4.74 Å². The van der Waals surface area contributed by atoms with Gasteiger partial charge in [-0.1, -0.05) is 83.2 Å². The highest BCUT2D eigenvalue weighted by Gasteiger charge is 2.69. The molecule has 3 fully saturated rings. The van der Waals surface area contributed by atoms with Crippen molar-refractivity contribution in [3.05, 3.63) is 35.9 Å². The Morgan fingerprint density at radius 2 is 1.59 bits per heavy atom. The molecule has 4 N–H and O–H groups in total. The van der Waals surface area contributed by atoms with Crippen LogP contribution in [0.4, 0.5) is 4.79 Å². The van der Waals surface area contributed by atoms with Crippen LogP contribution in [0.3, 0.4) is 0 Å². The molecule has 0 bridgehead atoms. The Morgan fingerprint density at radius 3 is 2.20 bits per heavy atom. The van der Waals surface area contributed by atoms with Crippen molar-refractivity contribution in [3.63, 3.8) is 0 Å². The van der Waals surface area contributed by atoms with Gasteiger partial charge in [-0.05, 0) is 82.6 Å². The lowest BCUT2D eigenvalue weighted by Crippen LogP contribution is -2.61. The number of esters is 1. The number of unbranched alkanes of at least 4 members (excludes halogenated alkanes) is 1. The van der Waals surface area contributed by atoms with Gasteiger partial charge in [-0.2, -0.15) is 0 Å². The first-order valence-corrected chi connectivity index (χ1v) is 18.7. The van der Waals surface area contributed by atoms with E-state index < -0.39 is 65.4 Å². The van der Waals surface area contributed by atoms with E-state index in [2.05, 4.69) is 35.1 Å². The van der Waals surface area contributed by atoms with E-state index in [0.717, 1.165) is 44.1 Å². The maximum Gasteiger partial charge on any atom is 0.326 e. The van der Waals surface area contributed by atoms with Crippen molar-refractivity contribution < 1.29 is 33.5 Å². The van der Waals surface area contributed by atoms with Gasteiger partial charge in [-0.25, -0.2) is 4.79 Å². The fourth-order valence-electron chi connectivity index (χ4n) is 7.91. The second-order valence-corrected chi connectivity index (χ2v) is 16.7. The van der Waals surface area contributed by atoms with Gasteiger partial charge < -0.3 is 30.9 Å². The molecule has 4 rings (SSSR count). The molecule has 5 amide bonds. The summed E-state index contributed by atoms with van der Waals surface area (Å²) in [6, 6.07) is 5.96. The van der Waals surface area contributed by atoms with Crippen molar-refractivity contribution in [1.29, 1.82) is 0 Å². The van der Waals surface area contributed by atoms with Gasteiger partial charge in [0, 0.05) is 12.1 Å². The van der Waals surface area contributed by atoms with Gasteiger partial charge in [0.15, 0.2) is 0 Å². The molecule has 0 aromatic heterocycles. The number of ketones is 1. The molecule has 1 saturated heterocycles. The third-order valence-electron chi connectivity index (χ3n) is 10.9. The molecule has 12 nitrogen and oxygen atoms in total. The Labute approximate surface area is 302 Å². The van der Waals surface area contributed by atoms with Gasteiger partial charge >= 0.3 is 12.0 Å². The molecule has 3 aliphatic rings. The number of urea groups is 1. The Hall–Kier alpha value is -3.96. The number of rotatable bonds is 14. The molecular formula is C39H59N5O7. The minimum absolute atomic E-state index is 0.0573. The summed E-state index contributed by atoms with van der Waals surface area (Å²) in [5.74, 6) is -3.45. The van der Waals surface area contributed by atoms with Gasteiger partial charge in [0.1, 0.15) is 24.2 Å². The Balaban J connectivity index is 1.47. The topological polar surface area (TPSA) is 163 Å². The number of piperidine rings is 1. The maximum atomic E-state index is 14.4. The standard InChI is InChI=1S/C39H59N5O7/c1-9-10-21-27(32(46)34(48)40-22-28(45)51-39(7,8)25-19-15-12-16-20-25)41-33(47)31-29-26(38(29,5)6)23-44(31)35(49)30(24-17-13-11-14-18-24)42-36(50)43-37(2,3)4/h12,15-16,19-20,24,26-27,29-31H,9-11,13-14,17-18,21-23H2,1-8H3,(H,40,48)(H,41,47)(H2,42,43,50)/t26-,27?,29-,30-,31-/m0/s1. The highest BCUT2D eigenvalue weighted by molar-refractivity contribution is 6.38. The van der Waals surface area contributed by atoms with E-state index in [1.807, 2.05) is 58.0 Å². The average Bonchev–Trinajstić information content (AvgIpc) is 3.37. The number of Topliss-reactive ketones (excluding diaryl/α,β-unsaturated/α-hetero) is 1. The predicted octanol–water partition coefficient (Wildman–Crippen LogP) is 4.35. The molecule has 1 aromatic rings. The molecular weight excluding hydrogens is 650 g/mol. The molecule has 1 aromatic carbocycles. The highest BCUT2D eigenvalue weighted by Crippen LogP contribution is 2.65. The fraction of sp³-hybridized carbons (Fsp3) is 0.692. The summed E-state index contributed by atoms with van der Waals surface area (Å²) in [4.78, 5) is 82.5.